The number of ether oxygens (including phenoxy) is 1. The largest absolute Gasteiger partial charge is 0.461 e. The molecule has 0 atom stereocenters. The molecular formula is C15H24O2. The maximum Gasteiger partial charge on any atom is 0.305 e. The van der Waals surface area contributed by atoms with Gasteiger partial charge in [-0.15, -0.1) is 0 Å². The lowest BCUT2D eigenvalue weighted by Gasteiger charge is -2.07. The molecule has 0 aromatic heterocycles. The third kappa shape index (κ3) is 6.10. The van der Waals surface area contributed by atoms with E-state index in [1.54, 1.807) is 6.92 Å². The number of hydrogen-bond donors (Lipinski definition) is 0. The molecule has 2 heteroatoms. The summed E-state index contributed by atoms with van der Waals surface area (Å²) in [5.74, 6) is 0.389. The zero-order chi connectivity index (χ0) is 13.3. The Morgan fingerprint density at radius 1 is 1.18 bits per heavy atom. The normalized spacial score (nSPS) is 9.53. The van der Waals surface area contributed by atoms with Gasteiger partial charge < -0.3 is 4.74 Å². The Bertz CT molecular complexity index is 312. The van der Waals surface area contributed by atoms with E-state index in [4.69, 9.17) is 4.74 Å². The fraction of sp³-hybridized carbons (Fsp3) is 0.533. The first-order valence-corrected chi connectivity index (χ1v) is 6.38. The van der Waals surface area contributed by atoms with Crippen molar-refractivity contribution in [2.45, 2.75) is 53.6 Å². The van der Waals surface area contributed by atoms with E-state index in [1.807, 2.05) is 26.0 Å². The molecule has 1 aromatic carbocycles. The summed E-state index contributed by atoms with van der Waals surface area (Å²) in [6, 6.07) is 8.19. The van der Waals surface area contributed by atoms with Crippen LogP contribution in [0.2, 0.25) is 0 Å². The zero-order valence-electron chi connectivity index (χ0n) is 11.6. The Balaban J connectivity index is 0.00000121. The second-order valence-corrected chi connectivity index (χ2v) is 3.91. The summed E-state index contributed by atoms with van der Waals surface area (Å²) in [7, 11) is 0. The predicted octanol–water partition coefficient (Wildman–Crippen LogP) is 4.29. The van der Waals surface area contributed by atoms with Crippen LogP contribution in [0.25, 0.3) is 0 Å². The van der Waals surface area contributed by atoms with Gasteiger partial charge in [0.2, 0.25) is 0 Å². The van der Waals surface area contributed by atoms with Crippen molar-refractivity contribution in [3.63, 3.8) is 0 Å². The highest BCUT2D eigenvalue weighted by Gasteiger charge is 2.01. The van der Waals surface area contributed by atoms with Crippen LogP contribution in [0.5, 0.6) is 0 Å². The van der Waals surface area contributed by atoms with Gasteiger partial charge in [-0.1, -0.05) is 58.9 Å². The molecule has 0 radical (unpaired) electrons. The average molecular weight is 236 g/mol. The Morgan fingerprint density at radius 3 is 2.12 bits per heavy atom. The highest BCUT2D eigenvalue weighted by Crippen LogP contribution is 2.15. The van der Waals surface area contributed by atoms with Gasteiger partial charge in [0, 0.05) is 6.42 Å². The molecule has 0 heterocycles. The maximum atomic E-state index is 10.9. The number of esters is 1. The van der Waals surface area contributed by atoms with Gasteiger partial charge in [0.1, 0.15) is 6.61 Å². The van der Waals surface area contributed by atoms with Crippen molar-refractivity contribution in [3.05, 3.63) is 35.4 Å². The molecule has 0 fully saturated rings. The molecular weight excluding hydrogens is 212 g/mol. The molecule has 1 aromatic rings. The van der Waals surface area contributed by atoms with Gasteiger partial charge in [-0.05, 0) is 17.0 Å². The van der Waals surface area contributed by atoms with E-state index < -0.39 is 0 Å². The molecule has 0 saturated heterocycles. The lowest BCUT2D eigenvalue weighted by Crippen LogP contribution is -2.02. The standard InChI is InChI=1S/C13H18O2.C2H6/c1-4-13(14)15-9-11-5-7-12(8-6-11)10(2)3;1-2/h5-8,10H,4,9H2,1-3H3;1-2H3. The molecule has 0 aliphatic carbocycles. The first kappa shape index (κ1) is 15.7. The molecule has 0 N–H and O–H groups in total. The molecule has 17 heavy (non-hydrogen) atoms. The van der Waals surface area contributed by atoms with Gasteiger partial charge in [-0.2, -0.15) is 0 Å². The van der Waals surface area contributed by atoms with Crippen LogP contribution in [0.4, 0.5) is 0 Å². The van der Waals surface area contributed by atoms with Crippen molar-refractivity contribution in [2.24, 2.45) is 0 Å². The van der Waals surface area contributed by atoms with Gasteiger partial charge in [-0.3, -0.25) is 4.79 Å². The van der Waals surface area contributed by atoms with Gasteiger partial charge >= 0.3 is 5.97 Å². The Hall–Kier alpha value is -1.31. The molecule has 2 nitrogen and oxygen atoms in total. The molecule has 0 spiro atoms. The number of hydrogen-bond acceptors (Lipinski definition) is 2. The van der Waals surface area contributed by atoms with Gasteiger partial charge in [0.15, 0.2) is 0 Å². The fourth-order valence-electron chi connectivity index (χ4n) is 1.26. The van der Waals surface area contributed by atoms with Crippen LogP contribution in [-0.2, 0) is 16.1 Å². The second-order valence-electron chi connectivity index (χ2n) is 3.91. The van der Waals surface area contributed by atoms with Crippen molar-refractivity contribution >= 4 is 5.97 Å². The minimum Gasteiger partial charge on any atom is -0.461 e. The number of carbonyl (C=O) groups excluding carboxylic acids is 1. The first-order valence-electron chi connectivity index (χ1n) is 6.38. The molecule has 0 bridgehead atoms. The molecule has 96 valence electrons. The first-order chi connectivity index (χ1) is 8.13. The summed E-state index contributed by atoms with van der Waals surface area (Å²) in [4.78, 5) is 10.9. The van der Waals surface area contributed by atoms with E-state index in [2.05, 4.69) is 26.0 Å². The van der Waals surface area contributed by atoms with Crippen LogP contribution >= 0.6 is 0 Å². The van der Waals surface area contributed by atoms with E-state index in [0.29, 0.717) is 18.9 Å². The van der Waals surface area contributed by atoms with E-state index in [-0.39, 0.29) is 5.97 Å². The SMILES string of the molecule is CC.CCC(=O)OCc1ccc(C(C)C)cc1. The lowest BCUT2D eigenvalue weighted by molar-refractivity contribution is -0.144. The monoisotopic (exact) mass is 236 g/mol. The molecule has 0 saturated carbocycles. The smallest absolute Gasteiger partial charge is 0.305 e. The summed E-state index contributed by atoms with van der Waals surface area (Å²) in [5, 5.41) is 0. The Labute approximate surface area is 105 Å². The van der Waals surface area contributed by atoms with Crippen molar-refractivity contribution in [3.8, 4) is 0 Å². The summed E-state index contributed by atoms with van der Waals surface area (Å²) in [5.41, 5.74) is 2.35. The molecule has 1 rings (SSSR count). The van der Waals surface area contributed by atoms with Crippen LogP contribution in [-0.4, -0.2) is 5.97 Å². The van der Waals surface area contributed by atoms with Crippen LogP contribution in [0, 0.1) is 0 Å². The summed E-state index contributed by atoms with van der Waals surface area (Å²) in [6.07, 6.45) is 0.435. The van der Waals surface area contributed by atoms with Gasteiger partial charge in [-0.25, -0.2) is 0 Å². The average Bonchev–Trinajstić information content (AvgIpc) is 2.38. The second kappa shape index (κ2) is 8.80. The third-order valence-corrected chi connectivity index (χ3v) is 2.33. The van der Waals surface area contributed by atoms with E-state index >= 15 is 0 Å². The topological polar surface area (TPSA) is 26.3 Å². The molecule has 0 amide bonds. The van der Waals surface area contributed by atoms with E-state index in [9.17, 15) is 4.79 Å². The highest BCUT2D eigenvalue weighted by molar-refractivity contribution is 5.68. The van der Waals surface area contributed by atoms with Crippen LogP contribution in [0.3, 0.4) is 0 Å². The van der Waals surface area contributed by atoms with Crippen molar-refractivity contribution in [2.75, 3.05) is 0 Å². The lowest BCUT2D eigenvalue weighted by atomic mass is 10.0. The number of benzene rings is 1. The molecule has 0 aliphatic heterocycles. The predicted molar refractivity (Wildman–Crippen MR) is 72.0 cm³/mol. The minimum absolute atomic E-state index is 0.150. The Morgan fingerprint density at radius 2 is 1.71 bits per heavy atom. The zero-order valence-corrected chi connectivity index (χ0v) is 11.6. The van der Waals surface area contributed by atoms with Crippen LogP contribution in [0.1, 0.15) is 58.1 Å². The maximum absolute atomic E-state index is 10.9. The quantitative estimate of drug-likeness (QED) is 0.729. The number of rotatable bonds is 4. The number of carbonyl (C=O) groups is 1. The Kier molecular flexibility index (Phi) is 8.12. The fourth-order valence-corrected chi connectivity index (χ4v) is 1.26. The summed E-state index contributed by atoms with van der Waals surface area (Å²) < 4.78 is 5.04. The van der Waals surface area contributed by atoms with E-state index in [0.717, 1.165) is 5.56 Å². The molecule has 0 aliphatic rings. The van der Waals surface area contributed by atoms with Gasteiger partial charge in [0.05, 0.1) is 0 Å². The van der Waals surface area contributed by atoms with E-state index in [1.165, 1.54) is 5.56 Å². The summed E-state index contributed by atoms with van der Waals surface area (Å²) >= 11 is 0. The highest BCUT2D eigenvalue weighted by atomic mass is 16.5. The van der Waals surface area contributed by atoms with Crippen LogP contribution in [0.15, 0.2) is 24.3 Å². The summed E-state index contributed by atoms with van der Waals surface area (Å²) in [6.45, 7) is 10.5. The minimum atomic E-state index is -0.150. The van der Waals surface area contributed by atoms with Crippen molar-refractivity contribution in [1.29, 1.82) is 0 Å². The van der Waals surface area contributed by atoms with Crippen molar-refractivity contribution < 1.29 is 9.53 Å². The van der Waals surface area contributed by atoms with Crippen molar-refractivity contribution in [1.82, 2.24) is 0 Å². The van der Waals surface area contributed by atoms with Gasteiger partial charge in [0.25, 0.3) is 0 Å². The third-order valence-electron chi connectivity index (χ3n) is 2.33. The molecule has 0 unspecified atom stereocenters. The van der Waals surface area contributed by atoms with Crippen LogP contribution < -0.4 is 0 Å².